The van der Waals surface area contributed by atoms with Crippen LogP contribution < -0.4 is 10.0 Å². The Morgan fingerprint density at radius 2 is 1.78 bits per heavy atom. The van der Waals surface area contributed by atoms with E-state index in [4.69, 9.17) is 11.6 Å². The molecule has 1 fully saturated rings. The average Bonchev–Trinajstić information content (AvgIpc) is 3.07. The first-order valence-electron chi connectivity index (χ1n) is 9.74. The molecule has 0 spiro atoms. The van der Waals surface area contributed by atoms with Crippen LogP contribution in [0.1, 0.15) is 64.5 Å². The van der Waals surface area contributed by atoms with Crippen molar-refractivity contribution in [3.63, 3.8) is 0 Å². The summed E-state index contributed by atoms with van der Waals surface area (Å²) in [7, 11) is -3.40. The maximum absolute atomic E-state index is 12.1. The van der Waals surface area contributed by atoms with E-state index in [0.717, 1.165) is 0 Å². The largest absolute Gasteiger partial charge is 0.392 e. The summed E-state index contributed by atoms with van der Waals surface area (Å²) in [6, 6.07) is 8.00. The molecule has 1 aliphatic carbocycles. The van der Waals surface area contributed by atoms with Gasteiger partial charge in [-0.25, -0.2) is 13.1 Å². The monoisotopic (exact) mass is 416 g/mol. The Kier molecular flexibility index (Phi) is 8.13. The topological polar surface area (TPSA) is 78.4 Å². The van der Waals surface area contributed by atoms with Gasteiger partial charge in [0.2, 0.25) is 10.0 Å². The van der Waals surface area contributed by atoms with Crippen LogP contribution in [0.15, 0.2) is 24.3 Å². The van der Waals surface area contributed by atoms with E-state index in [1.54, 1.807) is 20.8 Å². The van der Waals surface area contributed by atoms with Crippen LogP contribution in [-0.4, -0.2) is 37.5 Å². The Labute approximate surface area is 168 Å². The van der Waals surface area contributed by atoms with Gasteiger partial charge in [-0.15, -0.1) is 0 Å². The van der Waals surface area contributed by atoms with Crippen LogP contribution in [0.2, 0.25) is 5.02 Å². The molecule has 0 bridgehead atoms. The van der Waals surface area contributed by atoms with Crippen molar-refractivity contribution in [2.24, 2.45) is 5.92 Å². The van der Waals surface area contributed by atoms with Crippen molar-refractivity contribution in [2.45, 2.75) is 70.6 Å². The van der Waals surface area contributed by atoms with Crippen LogP contribution in [0.5, 0.6) is 0 Å². The normalized spacial score (nSPS) is 18.6. The van der Waals surface area contributed by atoms with E-state index in [-0.39, 0.29) is 18.2 Å². The van der Waals surface area contributed by atoms with Crippen LogP contribution in [0, 0.1) is 5.92 Å². The second-order valence-electron chi connectivity index (χ2n) is 8.60. The van der Waals surface area contributed by atoms with Gasteiger partial charge in [0.1, 0.15) is 0 Å². The lowest BCUT2D eigenvalue weighted by Gasteiger charge is -2.27. The fourth-order valence-corrected chi connectivity index (χ4v) is 5.43. The predicted molar refractivity (Wildman–Crippen MR) is 111 cm³/mol. The van der Waals surface area contributed by atoms with E-state index in [9.17, 15) is 13.5 Å². The van der Waals surface area contributed by atoms with Gasteiger partial charge in [-0.2, -0.15) is 0 Å². The van der Waals surface area contributed by atoms with Crippen molar-refractivity contribution >= 4 is 21.6 Å². The molecule has 1 aromatic carbocycles. The molecule has 1 aliphatic rings. The van der Waals surface area contributed by atoms with Crippen LogP contribution in [0.25, 0.3) is 0 Å². The maximum Gasteiger partial charge on any atom is 0.212 e. The van der Waals surface area contributed by atoms with E-state index in [1.807, 2.05) is 24.3 Å². The third-order valence-electron chi connectivity index (χ3n) is 4.86. The van der Waals surface area contributed by atoms with Crippen LogP contribution in [0.3, 0.4) is 0 Å². The van der Waals surface area contributed by atoms with Crippen molar-refractivity contribution in [1.29, 1.82) is 0 Å². The molecular formula is C20H33ClN2O3S. The fraction of sp³-hybridized carbons (Fsp3) is 0.700. The first-order chi connectivity index (χ1) is 12.6. The summed E-state index contributed by atoms with van der Waals surface area (Å²) in [5.41, 5.74) is 0.657. The second kappa shape index (κ2) is 9.70. The Hall–Kier alpha value is -0.660. The van der Waals surface area contributed by atoms with E-state index < -0.39 is 21.7 Å². The van der Waals surface area contributed by atoms with Gasteiger partial charge in [0.25, 0.3) is 0 Å². The van der Waals surface area contributed by atoms with Crippen molar-refractivity contribution in [3.05, 3.63) is 34.9 Å². The van der Waals surface area contributed by atoms with Gasteiger partial charge in [0.15, 0.2) is 0 Å². The molecule has 2 atom stereocenters. The van der Waals surface area contributed by atoms with Crippen LogP contribution >= 0.6 is 11.6 Å². The van der Waals surface area contributed by atoms with Crippen LogP contribution in [-0.2, 0) is 10.0 Å². The number of rotatable bonds is 9. The number of hydrogen-bond acceptors (Lipinski definition) is 4. The Balaban J connectivity index is 1.91. The SMILES string of the molecule is CC(C)(C)NS(=O)(=O)CCC(O)CNC(c1ccc(Cl)cc1)C1CCCC1. The average molecular weight is 417 g/mol. The highest BCUT2D eigenvalue weighted by molar-refractivity contribution is 7.89. The van der Waals surface area contributed by atoms with E-state index in [2.05, 4.69) is 10.0 Å². The number of halogens is 1. The van der Waals surface area contributed by atoms with Gasteiger partial charge in [0, 0.05) is 23.1 Å². The summed E-state index contributed by atoms with van der Waals surface area (Å²) in [5.74, 6) is 0.451. The summed E-state index contributed by atoms with van der Waals surface area (Å²) in [4.78, 5) is 0. The minimum atomic E-state index is -3.40. The number of nitrogens with one attached hydrogen (secondary N) is 2. The minimum Gasteiger partial charge on any atom is -0.392 e. The third-order valence-corrected chi connectivity index (χ3v) is 6.80. The lowest BCUT2D eigenvalue weighted by Crippen LogP contribution is -2.42. The summed E-state index contributed by atoms with van der Waals surface area (Å²) in [6.07, 6.45) is 4.29. The molecule has 0 aromatic heterocycles. The number of aliphatic hydroxyl groups excluding tert-OH is 1. The van der Waals surface area contributed by atoms with E-state index >= 15 is 0 Å². The molecule has 1 aromatic rings. The smallest absolute Gasteiger partial charge is 0.212 e. The zero-order valence-electron chi connectivity index (χ0n) is 16.5. The zero-order chi connectivity index (χ0) is 20.1. The molecule has 5 nitrogen and oxygen atoms in total. The van der Waals surface area contributed by atoms with Gasteiger partial charge in [-0.1, -0.05) is 36.6 Å². The molecular weight excluding hydrogens is 384 g/mol. The molecule has 0 heterocycles. The molecule has 7 heteroatoms. The molecule has 27 heavy (non-hydrogen) atoms. The maximum atomic E-state index is 12.1. The predicted octanol–water partition coefficient (Wildman–Crippen LogP) is 3.63. The van der Waals surface area contributed by atoms with Crippen molar-refractivity contribution in [2.75, 3.05) is 12.3 Å². The van der Waals surface area contributed by atoms with Gasteiger partial charge in [-0.3, -0.25) is 0 Å². The number of sulfonamides is 1. The van der Waals surface area contributed by atoms with Crippen LogP contribution in [0.4, 0.5) is 0 Å². The Morgan fingerprint density at radius 3 is 2.33 bits per heavy atom. The molecule has 0 saturated heterocycles. The molecule has 154 valence electrons. The lowest BCUT2D eigenvalue weighted by atomic mass is 9.91. The highest BCUT2D eigenvalue weighted by Crippen LogP contribution is 2.36. The standard InChI is InChI=1S/C20H33ClN2O3S/c1-20(2,3)23-27(25,26)13-12-18(24)14-22-19(15-6-4-5-7-15)16-8-10-17(21)11-9-16/h8-11,15,18-19,22-24H,4-7,12-14H2,1-3H3. The first kappa shape index (κ1) is 22.6. The summed E-state index contributed by atoms with van der Waals surface area (Å²) in [5, 5.41) is 14.5. The lowest BCUT2D eigenvalue weighted by molar-refractivity contribution is 0.158. The highest BCUT2D eigenvalue weighted by Gasteiger charge is 2.27. The van der Waals surface area contributed by atoms with Gasteiger partial charge >= 0.3 is 0 Å². The fourth-order valence-electron chi connectivity index (χ4n) is 3.69. The minimum absolute atomic E-state index is 0.0812. The first-order valence-corrected chi connectivity index (χ1v) is 11.8. The second-order valence-corrected chi connectivity index (χ2v) is 10.9. The molecule has 2 unspecified atom stereocenters. The Bertz CT molecular complexity index is 680. The molecule has 2 rings (SSSR count). The summed E-state index contributed by atoms with van der Waals surface area (Å²) < 4.78 is 26.8. The molecule has 0 radical (unpaired) electrons. The molecule has 0 aliphatic heterocycles. The zero-order valence-corrected chi connectivity index (χ0v) is 18.1. The van der Waals surface area contributed by atoms with E-state index in [0.29, 0.717) is 17.5 Å². The van der Waals surface area contributed by atoms with Gasteiger partial charge in [-0.05, 0) is 63.6 Å². The van der Waals surface area contributed by atoms with E-state index in [1.165, 1.54) is 31.2 Å². The number of benzene rings is 1. The van der Waals surface area contributed by atoms with Crippen molar-refractivity contribution in [1.82, 2.24) is 10.0 Å². The summed E-state index contributed by atoms with van der Waals surface area (Å²) in [6.45, 7) is 5.79. The van der Waals surface area contributed by atoms with Gasteiger partial charge in [0.05, 0.1) is 11.9 Å². The quantitative estimate of drug-likeness (QED) is 0.574. The Morgan fingerprint density at radius 1 is 1.19 bits per heavy atom. The number of aliphatic hydroxyl groups is 1. The molecule has 3 N–H and O–H groups in total. The van der Waals surface area contributed by atoms with Gasteiger partial charge < -0.3 is 10.4 Å². The van der Waals surface area contributed by atoms with Crippen molar-refractivity contribution in [3.8, 4) is 0 Å². The molecule has 1 saturated carbocycles. The third kappa shape index (κ3) is 8.08. The van der Waals surface area contributed by atoms with Crippen molar-refractivity contribution < 1.29 is 13.5 Å². The highest BCUT2D eigenvalue weighted by atomic mass is 35.5. The number of hydrogen-bond donors (Lipinski definition) is 3. The molecule has 0 amide bonds. The summed E-state index contributed by atoms with van der Waals surface area (Å²) >= 11 is 6.01.